The summed E-state index contributed by atoms with van der Waals surface area (Å²) in [5.41, 5.74) is 2.47. The lowest BCUT2D eigenvalue weighted by Gasteiger charge is -2.19. The summed E-state index contributed by atoms with van der Waals surface area (Å²) < 4.78 is 12.9. The molecule has 132 valence electrons. The maximum Gasteiger partial charge on any atom is 0.272 e. The zero-order valence-electron chi connectivity index (χ0n) is 14.4. The lowest BCUT2D eigenvalue weighted by molar-refractivity contribution is 0.0756. The Bertz CT molecular complexity index is 677. The molecule has 5 heteroatoms. The number of hydrogen-bond donors (Lipinski definition) is 1. The monoisotopic (exact) mass is 341 g/mol. The van der Waals surface area contributed by atoms with Gasteiger partial charge in [0.25, 0.3) is 5.91 Å². The number of carbonyl (C=O) groups is 1. The molecular formula is C20H24FN3O. The van der Waals surface area contributed by atoms with Crippen LogP contribution in [0.4, 0.5) is 10.1 Å². The number of pyridine rings is 1. The van der Waals surface area contributed by atoms with Gasteiger partial charge >= 0.3 is 0 Å². The van der Waals surface area contributed by atoms with Gasteiger partial charge in [-0.05, 0) is 49.1 Å². The second-order valence-electron chi connectivity index (χ2n) is 6.44. The third-order valence-corrected chi connectivity index (χ3v) is 4.53. The third kappa shape index (κ3) is 5.02. The maximum atomic E-state index is 12.9. The Labute approximate surface area is 148 Å². The molecule has 0 atom stereocenters. The highest BCUT2D eigenvalue weighted by Gasteiger charge is 2.18. The number of rotatable bonds is 5. The van der Waals surface area contributed by atoms with Crippen molar-refractivity contribution in [2.24, 2.45) is 0 Å². The molecule has 4 nitrogen and oxygen atoms in total. The van der Waals surface area contributed by atoms with Gasteiger partial charge in [0.05, 0.1) is 11.9 Å². The van der Waals surface area contributed by atoms with E-state index in [-0.39, 0.29) is 11.7 Å². The number of hydrogen-bond acceptors (Lipinski definition) is 3. The van der Waals surface area contributed by atoms with Crippen molar-refractivity contribution in [2.45, 2.75) is 32.1 Å². The number of halogens is 1. The fourth-order valence-electron chi connectivity index (χ4n) is 3.06. The van der Waals surface area contributed by atoms with Crippen LogP contribution in [0, 0.1) is 5.82 Å². The molecule has 25 heavy (non-hydrogen) atoms. The number of benzene rings is 1. The number of aromatic nitrogens is 1. The first-order valence-electron chi connectivity index (χ1n) is 8.96. The van der Waals surface area contributed by atoms with Crippen molar-refractivity contribution in [3.8, 4) is 0 Å². The van der Waals surface area contributed by atoms with E-state index in [4.69, 9.17) is 0 Å². The summed E-state index contributed by atoms with van der Waals surface area (Å²) in [7, 11) is 0. The SMILES string of the molecule is O=C(c1ccc(NCCc2ccc(F)cc2)cn1)N1CCCCCC1. The Morgan fingerprint density at radius 2 is 1.76 bits per heavy atom. The van der Waals surface area contributed by atoms with Crippen LogP contribution in [0.3, 0.4) is 0 Å². The van der Waals surface area contributed by atoms with E-state index in [0.717, 1.165) is 50.1 Å². The predicted molar refractivity (Wildman–Crippen MR) is 97.2 cm³/mol. The van der Waals surface area contributed by atoms with Gasteiger partial charge in [-0.2, -0.15) is 0 Å². The molecule has 3 rings (SSSR count). The van der Waals surface area contributed by atoms with E-state index in [9.17, 15) is 9.18 Å². The molecular weight excluding hydrogens is 317 g/mol. The normalized spacial score (nSPS) is 14.8. The van der Waals surface area contributed by atoms with Crippen LogP contribution in [0.15, 0.2) is 42.6 Å². The van der Waals surface area contributed by atoms with Crippen molar-refractivity contribution in [2.75, 3.05) is 25.0 Å². The van der Waals surface area contributed by atoms with Crippen LogP contribution in [0.1, 0.15) is 41.7 Å². The molecule has 1 aliphatic heterocycles. The number of carbonyl (C=O) groups excluding carboxylic acids is 1. The summed E-state index contributed by atoms with van der Waals surface area (Å²) in [6, 6.07) is 10.2. The van der Waals surface area contributed by atoms with E-state index >= 15 is 0 Å². The standard InChI is InChI=1S/C20H24FN3O/c21-17-7-5-16(6-8-17)11-12-22-18-9-10-19(23-15-18)20(25)24-13-3-1-2-4-14-24/h5-10,15,22H,1-4,11-14H2. The molecule has 1 saturated heterocycles. The molecule has 0 saturated carbocycles. The van der Waals surface area contributed by atoms with Crippen molar-refractivity contribution in [3.63, 3.8) is 0 Å². The predicted octanol–water partition coefficient (Wildman–Crippen LogP) is 3.89. The van der Waals surface area contributed by atoms with E-state index < -0.39 is 0 Å². The molecule has 0 unspecified atom stereocenters. The van der Waals surface area contributed by atoms with Crippen LogP contribution in [-0.2, 0) is 6.42 Å². The maximum absolute atomic E-state index is 12.9. The summed E-state index contributed by atoms with van der Waals surface area (Å²) in [6.07, 6.45) is 7.07. The Morgan fingerprint density at radius 3 is 2.40 bits per heavy atom. The molecule has 2 aromatic rings. The minimum Gasteiger partial charge on any atom is -0.383 e. The fraction of sp³-hybridized carbons (Fsp3) is 0.400. The van der Waals surface area contributed by atoms with E-state index in [1.807, 2.05) is 11.0 Å². The smallest absolute Gasteiger partial charge is 0.272 e. The summed E-state index contributed by atoms with van der Waals surface area (Å²) in [4.78, 5) is 18.7. The third-order valence-electron chi connectivity index (χ3n) is 4.53. The quantitative estimate of drug-likeness (QED) is 0.897. The van der Waals surface area contributed by atoms with E-state index in [0.29, 0.717) is 5.69 Å². The van der Waals surface area contributed by atoms with Gasteiger partial charge in [-0.1, -0.05) is 25.0 Å². The Balaban J connectivity index is 1.51. The van der Waals surface area contributed by atoms with Crippen molar-refractivity contribution >= 4 is 11.6 Å². The van der Waals surface area contributed by atoms with Gasteiger partial charge in [0.15, 0.2) is 0 Å². The molecule has 1 amide bonds. The van der Waals surface area contributed by atoms with E-state index in [2.05, 4.69) is 10.3 Å². The average Bonchev–Trinajstić information content (AvgIpc) is 2.93. The van der Waals surface area contributed by atoms with Crippen LogP contribution in [-0.4, -0.2) is 35.4 Å². The van der Waals surface area contributed by atoms with Crippen LogP contribution < -0.4 is 5.32 Å². The molecule has 1 aromatic heterocycles. The highest BCUT2D eigenvalue weighted by Crippen LogP contribution is 2.14. The van der Waals surface area contributed by atoms with Crippen molar-refractivity contribution in [1.82, 2.24) is 9.88 Å². The number of nitrogens with one attached hydrogen (secondary N) is 1. The molecule has 1 fully saturated rings. The topological polar surface area (TPSA) is 45.2 Å². The number of nitrogens with zero attached hydrogens (tertiary/aromatic N) is 2. The van der Waals surface area contributed by atoms with Crippen LogP contribution in [0.5, 0.6) is 0 Å². The summed E-state index contributed by atoms with van der Waals surface area (Å²) in [6.45, 7) is 2.39. The fourth-order valence-corrected chi connectivity index (χ4v) is 3.06. The van der Waals surface area contributed by atoms with Gasteiger partial charge < -0.3 is 10.2 Å². The molecule has 1 N–H and O–H groups in total. The summed E-state index contributed by atoms with van der Waals surface area (Å²) in [5.74, 6) is -0.190. The Morgan fingerprint density at radius 1 is 1.04 bits per heavy atom. The van der Waals surface area contributed by atoms with Crippen LogP contribution in [0.2, 0.25) is 0 Å². The minimum atomic E-state index is -0.217. The van der Waals surface area contributed by atoms with Crippen molar-refractivity contribution in [1.29, 1.82) is 0 Å². The lowest BCUT2D eigenvalue weighted by atomic mass is 10.1. The molecule has 0 radical (unpaired) electrons. The van der Waals surface area contributed by atoms with Crippen LogP contribution >= 0.6 is 0 Å². The minimum absolute atomic E-state index is 0.0276. The first-order chi connectivity index (χ1) is 12.2. The first kappa shape index (κ1) is 17.4. The zero-order valence-corrected chi connectivity index (χ0v) is 14.4. The van der Waals surface area contributed by atoms with Gasteiger partial charge in [-0.3, -0.25) is 4.79 Å². The lowest BCUT2D eigenvalue weighted by Crippen LogP contribution is -2.32. The average molecular weight is 341 g/mol. The zero-order chi connectivity index (χ0) is 17.5. The van der Waals surface area contributed by atoms with Gasteiger partial charge in [0.1, 0.15) is 11.5 Å². The summed E-state index contributed by atoms with van der Waals surface area (Å²) in [5, 5.41) is 3.28. The highest BCUT2D eigenvalue weighted by atomic mass is 19.1. The molecule has 1 aliphatic rings. The van der Waals surface area contributed by atoms with Gasteiger partial charge in [0, 0.05) is 19.6 Å². The molecule has 2 heterocycles. The number of amides is 1. The first-order valence-corrected chi connectivity index (χ1v) is 8.96. The Hall–Kier alpha value is -2.43. The van der Waals surface area contributed by atoms with Gasteiger partial charge in [-0.25, -0.2) is 9.37 Å². The van der Waals surface area contributed by atoms with Gasteiger partial charge in [0.2, 0.25) is 0 Å². The number of likely N-dealkylation sites (tertiary alicyclic amines) is 1. The van der Waals surface area contributed by atoms with E-state index in [1.54, 1.807) is 24.4 Å². The Kier molecular flexibility index (Phi) is 5.99. The van der Waals surface area contributed by atoms with Crippen LogP contribution in [0.25, 0.3) is 0 Å². The van der Waals surface area contributed by atoms with Gasteiger partial charge in [-0.15, -0.1) is 0 Å². The van der Waals surface area contributed by atoms with E-state index in [1.165, 1.54) is 25.0 Å². The molecule has 0 aliphatic carbocycles. The summed E-state index contributed by atoms with van der Waals surface area (Å²) >= 11 is 0. The number of anilines is 1. The second-order valence-corrected chi connectivity index (χ2v) is 6.44. The largest absolute Gasteiger partial charge is 0.383 e. The molecule has 0 spiro atoms. The van der Waals surface area contributed by atoms with Crippen molar-refractivity contribution < 1.29 is 9.18 Å². The molecule has 1 aromatic carbocycles. The molecule has 0 bridgehead atoms. The highest BCUT2D eigenvalue weighted by molar-refractivity contribution is 5.92. The van der Waals surface area contributed by atoms with Crippen molar-refractivity contribution in [3.05, 3.63) is 59.7 Å². The second kappa shape index (κ2) is 8.60.